The van der Waals surface area contributed by atoms with E-state index in [0.29, 0.717) is 35.6 Å². The van der Waals surface area contributed by atoms with E-state index < -0.39 is 29.1 Å². The van der Waals surface area contributed by atoms with Crippen LogP contribution in [0.3, 0.4) is 0 Å². The average molecular weight is 459 g/mol. The molecule has 3 aromatic rings. The Morgan fingerprint density at radius 2 is 1.85 bits per heavy atom. The van der Waals surface area contributed by atoms with E-state index in [9.17, 15) is 27.5 Å². The van der Waals surface area contributed by atoms with Gasteiger partial charge < -0.3 is 20.5 Å². The minimum atomic E-state index is -4.87. The minimum absolute atomic E-state index is 0.0595. The molecule has 3 atom stereocenters. The number of pyridine rings is 1. The third-order valence-electron chi connectivity index (χ3n) is 6.00. The van der Waals surface area contributed by atoms with Crippen LogP contribution in [-0.2, 0) is 6.18 Å². The predicted octanol–water partition coefficient (Wildman–Crippen LogP) is 5.42. The highest BCUT2D eigenvalue weighted by Gasteiger charge is 2.80. The molecule has 0 saturated heterocycles. The molecule has 2 amide bonds. The van der Waals surface area contributed by atoms with Gasteiger partial charge in [0.05, 0.1) is 11.1 Å². The number of fused-ring (bicyclic) bond motifs is 1. The number of halogens is 4. The van der Waals surface area contributed by atoms with E-state index in [1.807, 2.05) is 0 Å². The molecule has 2 saturated carbocycles. The van der Waals surface area contributed by atoms with Crippen molar-refractivity contribution in [1.82, 2.24) is 10.3 Å². The number of amides is 2. The number of hydrogen-bond acceptors (Lipinski definition) is 4. The molecule has 3 N–H and O–H groups in total. The number of phenolic OH excluding ortho intramolecular Hbond substituents is 1. The minimum Gasteiger partial charge on any atom is -0.508 e. The van der Waals surface area contributed by atoms with Crippen molar-refractivity contribution >= 4 is 11.7 Å². The van der Waals surface area contributed by atoms with Crippen LogP contribution in [0.25, 0.3) is 0 Å². The fraction of sp³-hybridized carbons (Fsp3) is 0.217. The van der Waals surface area contributed by atoms with Crippen molar-refractivity contribution in [2.24, 2.45) is 5.92 Å². The summed E-state index contributed by atoms with van der Waals surface area (Å²) in [5.74, 6) is -0.323. The summed E-state index contributed by atoms with van der Waals surface area (Å²) in [5.41, 5.74) is -1.60. The molecule has 0 bridgehead atoms. The number of hydrogen-bond donors (Lipinski definition) is 3. The van der Waals surface area contributed by atoms with E-state index in [1.54, 1.807) is 36.7 Å². The quantitative estimate of drug-likeness (QED) is 0.445. The molecular formula is C23H17F4N3O3. The van der Waals surface area contributed by atoms with Crippen molar-refractivity contribution < 1.29 is 32.2 Å². The number of nitrogens with zero attached hydrogens (tertiary/aromatic N) is 1. The second-order valence-electron chi connectivity index (χ2n) is 8.11. The Hall–Kier alpha value is -3.82. The van der Waals surface area contributed by atoms with Crippen LogP contribution in [0.2, 0.25) is 0 Å². The van der Waals surface area contributed by atoms with Crippen molar-refractivity contribution in [3.8, 4) is 17.2 Å². The lowest BCUT2D eigenvalue weighted by Gasteiger charge is -2.17. The fourth-order valence-electron chi connectivity index (χ4n) is 4.21. The monoisotopic (exact) mass is 459 g/mol. The number of rotatable bonds is 5. The molecule has 6 nitrogen and oxygen atoms in total. The standard InChI is InChI=1S/C23H17F4N3O3/c24-18-3-1-12(9-16(18)23(25,26)27)29-21(32)30-22-11-17(22)20(22)15-10-14(2-4-19(15)31)33-13-5-7-28-8-6-13/h1-10,17,20,31H,11H2,(H2,29,30,32)/t17-,20+,22-/m0/s1. The summed E-state index contributed by atoms with van der Waals surface area (Å²) in [4.78, 5) is 16.3. The Morgan fingerprint density at radius 1 is 1.09 bits per heavy atom. The molecular weight excluding hydrogens is 442 g/mol. The van der Waals surface area contributed by atoms with Crippen LogP contribution < -0.4 is 15.4 Å². The molecule has 1 heterocycles. The Labute approximate surface area is 185 Å². The summed E-state index contributed by atoms with van der Waals surface area (Å²) < 4.78 is 57.9. The van der Waals surface area contributed by atoms with Gasteiger partial charge >= 0.3 is 12.2 Å². The van der Waals surface area contributed by atoms with Crippen molar-refractivity contribution in [2.75, 3.05) is 5.32 Å². The first kappa shape index (κ1) is 21.0. The summed E-state index contributed by atoms with van der Waals surface area (Å²) in [6, 6.07) is 9.76. The van der Waals surface area contributed by atoms with Crippen LogP contribution in [-0.4, -0.2) is 21.7 Å². The number of anilines is 1. The van der Waals surface area contributed by atoms with Gasteiger partial charge in [-0.15, -0.1) is 0 Å². The van der Waals surface area contributed by atoms with E-state index in [1.165, 1.54) is 6.07 Å². The molecule has 2 aliphatic rings. The molecule has 5 rings (SSSR count). The molecule has 0 radical (unpaired) electrons. The number of aromatic nitrogens is 1. The van der Waals surface area contributed by atoms with Crippen molar-refractivity contribution in [3.63, 3.8) is 0 Å². The SMILES string of the molecule is O=C(Nc1ccc(F)c(C(F)(F)F)c1)N[C@@]12C[C@H]1[C@H]2c1cc(Oc2ccncc2)ccc1O. The van der Waals surface area contributed by atoms with Crippen LogP contribution in [0.15, 0.2) is 60.9 Å². The lowest BCUT2D eigenvalue weighted by molar-refractivity contribution is -0.139. The lowest BCUT2D eigenvalue weighted by atomic mass is 9.99. The highest BCUT2D eigenvalue weighted by atomic mass is 19.4. The number of phenols is 1. The summed E-state index contributed by atoms with van der Waals surface area (Å²) in [5, 5.41) is 15.4. The summed E-state index contributed by atoms with van der Waals surface area (Å²) in [6.45, 7) is 0. The molecule has 0 unspecified atom stereocenters. The third kappa shape index (κ3) is 3.92. The van der Waals surface area contributed by atoms with Gasteiger partial charge in [-0.25, -0.2) is 9.18 Å². The molecule has 170 valence electrons. The van der Waals surface area contributed by atoms with Gasteiger partial charge in [0, 0.05) is 29.6 Å². The first-order chi connectivity index (χ1) is 15.7. The van der Waals surface area contributed by atoms with Gasteiger partial charge in [-0.1, -0.05) is 0 Å². The van der Waals surface area contributed by atoms with Gasteiger partial charge in [-0.05, 0) is 60.9 Å². The van der Waals surface area contributed by atoms with Gasteiger partial charge in [0.1, 0.15) is 23.1 Å². The Balaban J connectivity index is 1.27. The molecule has 2 aromatic carbocycles. The summed E-state index contributed by atoms with van der Waals surface area (Å²) >= 11 is 0. The number of benzene rings is 2. The van der Waals surface area contributed by atoms with Crippen LogP contribution in [0.5, 0.6) is 17.2 Å². The average Bonchev–Trinajstić information content (AvgIpc) is 3.61. The van der Waals surface area contributed by atoms with Gasteiger partial charge in [-0.2, -0.15) is 13.2 Å². The number of alkyl halides is 3. The van der Waals surface area contributed by atoms with Gasteiger partial charge in [0.15, 0.2) is 0 Å². The van der Waals surface area contributed by atoms with Crippen LogP contribution in [0.1, 0.15) is 23.5 Å². The van der Waals surface area contributed by atoms with Gasteiger partial charge in [-0.3, -0.25) is 4.98 Å². The second kappa shape index (κ2) is 7.36. The van der Waals surface area contributed by atoms with Crippen LogP contribution in [0.4, 0.5) is 28.0 Å². The number of carbonyl (C=O) groups is 1. The predicted molar refractivity (Wildman–Crippen MR) is 110 cm³/mol. The lowest BCUT2D eigenvalue weighted by Crippen LogP contribution is -2.36. The molecule has 0 spiro atoms. The first-order valence-corrected chi connectivity index (χ1v) is 10.0. The maximum absolute atomic E-state index is 13.5. The summed E-state index contributed by atoms with van der Waals surface area (Å²) in [7, 11) is 0. The van der Waals surface area contributed by atoms with Gasteiger partial charge in [0.25, 0.3) is 0 Å². The maximum atomic E-state index is 13.5. The fourth-order valence-corrected chi connectivity index (χ4v) is 4.21. The Kier molecular flexibility index (Phi) is 4.70. The molecule has 1 aromatic heterocycles. The second-order valence-corrected chi connectivity index (χ2v) is 8.11. The van der Waals surface area contributed by atoms with E-state index in [0.717, 1.165) is 6.07 Å². The first-order valence-electron chi connectivity index (χ1n) is 10.0. The zero-order valence-electron chi connectivity index (χ0n) is 16.9. The zero-order valence-corrected chi connectivity index (χ0v) is 16.9. The smallest absolute Gasteiger partial charge is 0.419 e. The van der Waals surface area contributed by atoms with Crippen molar-refractivity contribution in [1.29, 1.82) is 0 Å². The number of carbonyl (C=O) groups excluding carboxylic acids is 1. The van der Waals surface area contributed by atoms with E-state index >= 15 is 0 Å². The van der Waals surface area contributed by atoms with Crippen molar-refractivity contribution in [3.05, 3.63) is 77.9 Å². The zero-order chi connectivity index (χ0) is 23.4. The normalized spacial score (nSPS) is 22.8. The largest absolute Gasteiger partial charge is 0.508 e. The number of nitrogens with one attached hydrogen (secondary N) is 2. The molecule has 0 aliphatic heterocycles. The molecule has 2 aliphatic carbocycles. The highest BCUT2D eigenvalue weighted by Crippen LogP contribution is 2.77. The van der Waals surface area contributed by atoms with Crippen LogP contribution in [0, 0.1) is 11.7 Å². The maximum Gasteiger partial charge on any atom is 0.419 e. The third-order valence-corrected chi connectivity index (χ3v) is 6.00. The van der Waals surface area contributed by atoms with E-state index in [4.69, 9.17) is 4.74 Å². The van der Waals surface area contributed by atoms with Crippen LogP contribution >= 0.6 is 0 Å². The Bertz CT molecular complexity index is 1240. The van der Waals surface area contributed by atoms with E-state index in [-0.39, 0.29) is 23.3 Å². The van der Waals surface area contributed by atoms with E-state index in [2.05, 4.69) is 15.6 Å². The highest BCUT2D eigenvalue weighted by molar-refractivity contribution is 5.91. The van der Waals surface area contributed by atoms with Crippen molar-refractivity contribution in [2.45, 2.75) is 24.1 Å². The number of urea groups is 1. The topological polar surface area (TPSA) is 83.5 Å². The number of aromatic hydroxyl groups is 1. The summed E-state index contributed by atoms with van der Waals surface area (Å²) in [6.07, 6.45) is -1.02. The Morgan fingerprint density at radius 3 is 2.55 bits per heavy atom. The number of ether oxygens (including phenoxy) is 1. The molecule has 33 heavy (non-hydrogen) atoms. The molecule has 10 heteroatoms. The molecule has 2 fully saturated rings. The van der Waals surface area contributed by atoms with Gasteiger partial charge in [0.2, 0.25) is 0 Å².